The Morgan fingerprint density at radius 1 is 0.600 bits per heavy atom. The van der Waals surface area contributed by atoms with E-state index in [9.17, 15) is 0 Å². The van der Waals surface area contributed by atoms with Crippen LogP contribution in [0.25, 0.3) is 0 Å². The summed E-state index contributed by atoms with van der Waals surface area (Å²) in [4.78, 5) is 0. The molecule has 0 bridgehead atoms. The van der Waals surface area contributed by atoms with E-state index in [1.807, 2.05) is 0 Å². The van der Waals surface area contributed by atoms with Gasteiger partial charge in [-0.3, -0.25) is 0 Å². The molecular formula is Cl3NaZn. The van der Waals surface area contributed by atoms with Crippen LogP contribution >= 0.6 is 0 Å². The van der Waals surface area contributed by atoms with Crippen molar-refractivity contribution < 1.29 is 86.3 Å². The van der Waals surface area contributed by atoms with Gasteiger partial charge in [-0.25, -0.2) is 0 Å². The average Bonchev–Trinajstić information content (AvgIpc) is 0. The Hall–Kier alpha value is 2.49. The second-order valence-electron chi connectivity index (χ2n) is 0. The third-order valence-electron chi connectivity index (χ3n) is 0. The van der Waals surface area contributed by atoms with Crippen molar-refractivity contribution in [3.8, 4) is 0 Å². The molecule has 0 aliphatic rings. The molecule has 0 aliphatic carbocycles. The van der Waals surface area contributed by atoms with E-state index >= 15 is 0 Å². The van der Waals surface area contributed by atoms with Crippen LogP contribution in [0.2, 0.25) is 0 Å². The molecule has 0 amide bonds. The first kappa shape index (κ1) is 50.8. The zero-order valence-corrected chi connectivity index (χ0v) is 10.1. The van der Waals surface area contributed by atoms with Gasteiger partial charge in [0, 0.05) is 0 Å². The first-order valence-corrected chi connectivity index (χ1v) is 0. The van der Waals surface area contributed by atoms with Crippen LogP contribution < -0.4 is 66.8 Å². The zero-order valence-electron chi connectivity index (χ0n) is 2.84. The minimum atomic E-state index is 0. The van der Waals surface area contributed by atoms with Gasteiger partial charge in [0.2, 0.25) is 0 Å². The summed E-state index contributed by atoms with van der Waals surface area (Å²) in [5.41, 5.74) is 0. The van der Waals surface area contributed by atoms with E-state index in [1.165, 1.54) is 0 Å². The Kier molecular flexibility index (Phi) is 320. The van der Waals surface area contributed by atoms with E-state index in [4.69, 9.17) is 0 Å². The number of halogens is 3. The fourth-order valence-electron chi connectivity index (χ4n) is 0. The number of rotatable bonds is 0. The molecule has 0 saturated heterocycles. The van der Waals surface area contributed by atoms with E-state index in [0.717, 1.165) is 0 Å². The summed E-state index contributed by atoms with van der Waals surface area (Å²) in [6.07, 6.45) is 0. The van der Waals surface area contributed by atoms with Gasteiger partial charge in [-0.15, -0.1) is 0 Å². The van der Waals surface area contributed by atoms with Gasteiger partial charge in [-0.05, 0) is 0 Å². The minimum Gasteiger partial charge on any atom is -1.00 e. The maximum absolute atomic E-state index is 0. The molecule has 0 N–H and O–H groups in total. The molecule has 0 spiro atoms. The third kappa shape index (κ3) is 21.1. The molecular weight excluding hydrogens is 195 g/mol. The van der Waals surface area contributed by atoms with Crippen LogP contribution in [-0.2, 0) is 19.5 Å². The molecule has 0 heterocycles. The van der Waals surface area contributed by atoms with Crippen LogP contribution in [0.3, 0.4) is 0 Å². The van der Waals surface area contributed by atoms with Crippen molar-refractivity contribution in [3.05, 3.63) is 0 Å². The molecule has 0 saturated carbocycles. The summed E-state index contributed by atoms with van der Waals surface area (Å²) in [5, 5.41) is 0. The van der Waals surface area contributed by atoms with Crippen LogP contribution in [-0.4, -0.2) is 0 Å². The molecule has 0 aliphatic heterocycles. The van der Waals surface area contributed by atoms with Gasteiger partial charge >= 0.3 is 49.0 Å². The Bertz CT molecular complexity index is 6.85. The zero-order chi connectivity index (χ0) is 0. The van der Waals surface area contributed by atoms with Gasteiger partial charge in [-0.1, -0.05) is 0 Å². The Labute approximate surface area is 85.1 Å². The summed E-state index contributed by atoms with van der Waals surface area (Å²) in [7, 11) is 0. The molecule has 0 atom stereocenters. The second kappa shape index (κ2) is 31.5. The van der Waals surface area contributed by atoms with E-state index in [2.05, 4.69) is 0 Å². The maximum atomic E-state index is 0. The second-order valence-corrected chi connectivity index (χ2v) is 0. The van der Waals surface area contributed by atoms with E-state index in [-0.39, 0.29) is 86.3 Å². The van der Waals surface area contributed by atoms with Crippen LogP contribution in [0, 0.1) is 0 Å². The third-order valence-corrected chi connectivity index (χ3v) is 0. The predicted octanol–water partition coefficient (Wildman–Crippen LogP) is -12.0. The SMILES string of the molecule is [Cl-].[Cl-].[Cl-].[Na+].[Zn+2]. The van der Waals surface area contributed by atoms with Gasteiger partial charge in [0.1, 0.15) is 0 Å². The summed E-state index contributed by atoms with van der Waals surface area (Å²) in [6.45, 7) is 0. The smallest absolute Gasteiger partial charge is 1.00 e. The molecule has 0 nitrogen and oxygen atoms in total. The Morgan fingerprint density at radius 3 is 0.600 bits per heavy atom. The van der Waals surface area contributed by atoms with E-state index in [0.29, 0.717) is 0 Å². The molecule has 24 valence electrons. The van der Waals surface area contributed by atoms with Crippen molar-refractivity contribution in [2.24, 2.45) is 0 Å². The first-order chi connectivity index (χ1) is 0. The predicted molar refractivity (Wildman–Crippen MR) is 0 cm³/mol. The normalized spacial score (nSPS) is 0. The van der Waals surface area contributed by atoms with E-state index in [1.54, 1.807) is 0 Å². The minimum absolute atomic E-state index is 0. The van der Waals surface area contributed by atoms with Crippen molar-refractivity contribution in [1.29, 1.82) is 0 Å². The van der Waals surface area contributed by atoms with Gasteiger partial charge in [0.15, 0.2) is 0 Å². The average molecular weight is 195 g/mol. The molecule has 0 radical (unpaired) electrons. The number of hydrogen-bond donors (Lipinski definition) is 0. The van der Waals surface area contributed by atoms with Gasteiger partial charge in [-0.2, -0.15) is 0 Å². The van der Waals surface area contributed by atoms with Crippen LogP contribution in [0.5, 0.6) is 0 Å². The van der Waals surface area contributed by atoms with Crippen molar-refractivity contribution in [3.63, 3.8) is 0 Å². The molecule has 0 aromatic heterocycles. The molecule has 5 heavy (non-hydrogen) atoms. The van der Waals surface area contributed by atoms with Gasteiger partial charge in [0.05, 0.1) is 0 Å². The van der Waals surface area contributed by atoms with Gasteiger partial charge < -0.3 is 37.2 Å². The summed E-state index contributed by atoms with van der Waals surface area (Å²) >= 11 is 0. The largest absolute Gasteiger partial charge is 2.00 e. The quantitative estimate of drug-likeness (QED) is 0.336. The maximum Gasteiger partial charge on any atom is 2.00 e. The fourth-order valence-corrected chi connectivity index (χ4v) is 0. The molecule has 0 unspecified atom stereocenters. The Morgan fingerprint density at radius 2 is 0.600 bits per heavy atom. The molecule has 0 aromatic rings. The van der Waals surface area contributed by atoms with Crippen LogP contribution in [0.4, 0.5) is 0 Å². The standard InChI is InChI=1S/3ClH.Na.Zn/h3*1H;;/q;;;+1;+2/p-3. The molecule has 0 aromatic carbocycles. The summed E-state index contributed by atoms with van der Waals surface area (Å²) in [6, 6.07) is 0. The number of hydrogen-bond acceptors (Lipinski definition) is 0. The first-order valence-electron chi connectivity index (χ1n) is 0. The van der Waals surface area contributed by atoms with Crippen molar-refractivity contribution >= 4 is 0 Å². The summed E-state index contributed by atoms with van der Waals surface area (Å²) in [5.74, 6) is 0. The molecule has 0 rings (SSSR count). The van der Waals surface area contributed by atoms with Crippen molar-refractivity contribution in [1.82, 2.24) is 0 Å². The topological polar surface area (TPSA) is 0 Å². The fraction of sp³-hybridized carbons (Fsp3) is 0. The Balaban J connectivity index is 0. The monoisotopic (exact) mass is 192 g/mol. The van der Waals surface area contributed by atoms with E-state index < -0.39 is 0 Å². The molecule has 0 fully saturated rings. The summed E-state index contributed by atoms with van der Waals surface area (Å²) < 4.78 is 0. The van der Waals surface area contributed by atoms with Crippen LogP contribution in [0.15, 0.2) is 0 Å². The van der Waals surface area contributed by atoms with Crippen molar-refractivity contribution in [2.75, 3.05) is 0 Å². The van der Waals surface area contributed by atoms with Crippen LogP contribution in [0.1, 0.15) is 0 Å². The molecule has 5 heteroatoms. The van der Waals surface area contributed by atoms with Crippen molar-refractivity contribution in [2.45, 2.75) is 0 Å². The van der Waals surface area contributed by atoms with Gasteiger partial charge in [0.25, 0.3) is 0 Å².